The molecule has 0 radical (unpaired) electrons. The lowest BCUT2D eigenvalue weighted by Crippen LogP contribution is -2.40. The summed E-state index contributed by atoms with van der Waals surface area (Å²) in [5.74, 6) is 0.338. The third kappa shape index (κ3) is 3.85. The van der Waals surface area contributed by atoms with E-state index in [-0.39, 0.29) is 24.3 Å². The first kappa shape index (κ1) is 16.7. The first-order chi connectivity index (χ1) is 11.7. The van der Waals surface area contributed by atoms with E-state index in [2.05, 4.69) is 0 Å². The molecule has 2 aromatic rings. The number of hydrogen-bond acceptors (Lipinski definition) is 3. The summed E-state index contributed by atoms with van der Waals surface area (Å²) in [6.07, 6.45) is 6.46. The van der Waals surface area contributed by atoms with Gasteiger partial charge in [0.1, 0.15) is 17.8 Å². The topological polar surface area (TPSA) is 59.5 Å². The van der Waals surface area contributed by atoms with E-state index >= 15 is 0 Å². The van der Waals surface area contributed by atoms with E-state index in [0.717, 1.165) is 31.2 Å². The zero-order chi connectivity index (χ0) is 16.9. The lowest BCUT2D eigenvalue weighted by atomic mass is 10.1. The highest BCUT2D eigenvalue weighted by molar-refractivity contribution is 5.94. The highest BCUT2D eigenvalue weighted by atomic mass is 19.1. The number of hydrogen-bond donors (Lipinski definition) is 1. The molecular weight excluding hydrogens is 307 g/mol. The number of nitrogens with zero attached hydrogens (tertiary/aromatic N) is 1. The minimum Gasteiger partial charge on any atom is -0.467 e. The monoisotopic (exact) mass is 330 g/mol. The Hall–Kier alpha value is -2.14. The number of rotatable bonds is 6. The second-order valence-corrected chi connectivity index (χ2v) is 6.32. The second kappa shape index (κ2) is 7.62. The maximum Gasteiger partial charge on any atom is 0.257 e. The van der Waals surface area contributed by atoms with Crippen molar-refractivity contribution in [3.8, 4) is 0 Å². The maximum atomic E-state index is 13.4. The van der Waals surface area contributed by atoms with E-state index in [1.165, 1.54) is 18.4 Å². The molecule has 0 spiro atoms. The van der Waals surface area contributed by atoms with Gasteiger partial charge in [-0.05, 0) is 43.0 Å². The number of halogens is 1. The zero-order valence-electron chi connectivity index (χ0n) is 13.7. The van der Waals surface area contributed by atoms with Crippen LogP contribution in [0, 0.1) is 5.82 Å². The van der Waals surface area contributed by atoms with Gasteiger partial charge in [0.25, 0.3) is 5.91 Å². The molecule has 0 bridgehead atoms. The predicted octanol–water partition coefficient (Wildman–Crippen LogP) is 3.50. The van der Waals surface area contributed by atoms with Crippen molar-refractivity contribution in [1.29, 1.82) is 0 Å². The third-order valence-electron chi connectivity index (χ3n) is 4.66. The lowest BCUT2D eigenvalue weighted by molar-refractivity contribution is 0.0683. The molecule has 1 heterocycles. The van der Waals surface area contributed by atoms with Crippen molar-refractivity contribution in [2.45, 2.75) is 44.7 Å². The van der Waals surface area contributed by atoms with Crippen molar-refractivity contribution < 1.29 is 13.6 Å². The van der Waals surface area contributed by atoms with Crippen LogP contribution in [0.3, 0.4) is 0 Å². The quantitative estimate of drug-likeness (QED) is 0.882. The summed E-state index contributed by atoms with van der Waals surface area (Å²) in [4.78, 5) is 14.8. The van der Waals surface area contributed by atoms with Gasteiger partial charge in [0.2, 0.25) is 0 Å². The van der Waals surface area contributed by atoms with Crippen molar-refractivity contribution in [3.05, 3.63) is 59.3 Å². The minimum atomic E-state index is -0.242. The highest BCUT2D eigenvalue weighted by Crippen LogP contribution is 2.26. The fourth-order valence-electron chi connectivity index (χ4n) is 3.37. The van der Waals surface area contributed by atoms with Crippen LogP contribution in [-0.2, 0) is 13.0 Å². The molecule has 0 aliphatic heterocycles. The summed E-state index contributed by atoms with van der Waals surface area (Å²) in [7, 11) is 0. The molecule has 2 N–H and O–H groups in total. The van der Waals surface area contributed by atoms with Gasteiger partial charge in [-0.3, -0.25) is 4.79 Å². The van der Waals surface area contributed by atoms with Gasteiger partial charge in [-0.2, -0.15) is 0 Å². The molecule has 1 fully saturated rings. The number of furan rings is 1. The van der Waals surface area contributed by atoms with Gasteiger partial charge >= 0.3 is 0 Å². The molecule has 0 atom stereocenters. The molecule has 1 aromatic carbocycles. The largest absolute Gasteiger partial charge is 0.467 e. The molecule has 1 amide bonds. The van der Waals surface area contributed by atoms with E-state index in [0.29, 0.717) is 24.3 Å². The number of carbonyl (C=O) groups is 1. The van der Waals surface area contributed by atoms with E-state index in [1.54, 1.807) is 12.1 Å². The first-order valence-corrected chi connectivity index (χ1v) is 8.50. The fraction of sp³-hybridized carbons (Fsp3) is 0.421. The lowest BCUT2D eigenvalue weighted by Gasteiger charge is -2.28. The number of nitrogens with two attached hydrogens (primary N) is 1. The van der Waals surface area contributed by atoms with Gasteiger partial charge in [0, 0.05) is 12.6 Å². The average Bonchev–Trinajstić information content (AvgIpc) is 3.26. The first-order valence-electron chi connectivity index (χ1n) is 8.50. The standard InChI is InChI=1S/C19H23FN2O2/c20-16-5-3-4-14(10-16)8-9-22(17-6-1-2-7-17)19(23)15-11-18(12-21)24-13-15/h3-5,10-11,13,17H,1-2,6-9,12,21H2. The molecule has 1 saturated carbocycles. The van der Waals surface area contributed by atoms with Crippen LogP contribution >= 0.6 is 0 Å². The summed E-state index contributed by atoms with van der Waals surface area (Å²) in [6.45, 7) is 0.857. The van der Waals surface area contributed by atoms with Crippen LogP contribution in [0.2, 0.25) is 0 Å². The van der Waals surface area contributed by atoms with Gasteiger partial charge in [-0.25, -0.2) is 4.39 Å². The predicted molar refractivity (Wildman–Crippen MR) is 90.0 cm³/mol. The second-order valence-electron chi connectivity index (χ2n) is 6.32. The Kier molecular flexibility index (Phi) is 5.30. The molecule has 24 heavy (non-hydrogen) atoms. The van der Waals surface area contributed by atoms with Crippen LogP contribution in [0.15, 0.2) is 41.0 Å². The van der Waals surface area contributed by atoms with E-state index < -0.39 is 0 Å². The van der Waals surface area contributed by atoms with Gasteiger partial charge in [0.15, 0.2) is 0 Å². The summed E-state index contributed by atoms with van der Waals surface area (Å²) < 4.78 is 18.7. The van der Waals surface area contributed by atoms with Crippen molar-refractivity contribution >= 4 is 5.91 Å². The summed E-state index contributed by atoms with van der Waals surface area (Å²) in [5, 5.41) is 0. The van der Waals surface area contributed by atoms with Gasteiger partial charge < -0.3 is 15.1 Å². The number of carbonyl (C=O) groups excluding carboxylic acids is 1. The fourth-order valence-corrected chi connectivity index (χ4v) is 3.37. The van der Waals surface area contributed by atoms with Gasteiger partial charge in [-0.1, -0.05) is 25.0 Å². The molecule has 1 aliphatic rings. The normalized spacial score (nSPS) is 14.9. The minimum absolute atomic E-state index is 0.0262. The highest BCUT2D eigenvalue weighted by Gasteiger charge is 2.28. The third-order valence-corrected chi connectivity index (χ3v) is 4.66. The molecule has 4 nitrogen and oxygen atoms in total. The summed E-state index contributed by atoms with van der Waals surface area (Å²) in [5.41, 5.74) is 7.00. The average molecular weight is 330 g/mol. The van der Waals surface area contributed by atoms with Crippen molar-refractivity contribution in [2.24, 2.45) is 5.73 Å². The molecule has 3 rings (SSSR count). The Balaban J connectivity index is 1.74. The van der Waals surface area contributed by atoms with Gasteiger partial charge in [-0.15, -0.1) is 0 Å². The Bertz CT molecular complexity index is 692. The van der Waals surface area contributed by atoms with Crippen molar-refractivity contribution in [1.82, 2.24) is 4.90 Å². The zero-order valence-corrected chi connectivity index (χ0v) is 13.7. The maximum absolute atomic E-state index is 13.4. The van der Waals surface area contributed by atoms with Crippen LogP contribution in [0.25, 0.3) is 0 Å². The number of amides is 1. The smallest absolute Gasteiger partial charge is 0.257 e. The van der Waals surface area contributed by atoms with Crippen molar-refractivity contribution in [3.63, 3.8) is 0 Å². The van der Waals surface area contributed by atoms with E-state index in [9.17, 15) is 9.18 Å². The van der Waals surface area contributed by atoms with Crippen LogP contribution in [0.4, 0.5) is 4.39 Å². The molecule has 0 saturated heterocycles. The van der Waals surface area contributed by atoms with Gasteiger partial charge in [0.05, 0.1) is 12.1 Å². The van der Waals surface area contributed by atoms with Crippen LogP contribution in [0.5, 0.6) is 0 Å². The Morgan fingerprint density at radius 2 is 2.08 bits per heavy atom. The summed E-state index contributed by atoms with van der Waals surface area (Å²) in [6, 6.07) is 8.53. The van der Waals surface area contributed by atoms with Crippen LogP contribution in [-0.4, -0.2) is 23.4 Å². The molecular formula is C19H23FN2O2. The Morgan fingerprint density at radius 1 is 1.29 bits per heavy atom. The Morgan fingerprint density at radius 3 is 2.75 bits per heavy atom. The molecule has 1 aromatic heterocycles. The molecule has 5 heteroatoms. The SMILES string of the molecule is NCc1cc(C(=O)N(CCc2cccc(F)c2)C2CCCC2)co1. The van der Waals surface area contributed by atoms with Crippen LogP contribution in [0.1, 0.15) is 47.4 Å². The number of benzene rings is 1. The van der Waals surface area contributed by atoms with Crippen molar-refractivity contribution in [2.75, 3.05) is 6.54 Å². The Labute approximate surface area is 141 Å². The molecule has 1 aliphatic carbocycles. The van der Waals surface area contributed by atoms with E-state index in [1.807, 2.05) is 11.0 Å². The molecule has 0 unspecified atom stereocenters. The van der Waals surface area contributed by atoms with Crippen LogP contribution < -0.4 is 5.73 Å². The van der Waals surface area contributed by atoms with E-state index in [4.69, 9.17) is 10.2 Å². The summed E-state index contributed by atoms with van der Waals surface area (Å²) >= 11 is 0. The molecule has 128 valence electrons.